The minimum Gasteiger partial charge on any atom is -0.472 e. The topological polar surface area (TPSA) is 62.5 Å². The number of nitrogens with one attached hydrogen (secondary N) is 1. The number of hydrogen-bond donors (Lipinski definition) is 2. The molecule has 4 aliphatic rings. The number of carbonyl (C=O) groups is 1. The summed E-state index contributed by atoms with van der Waals surface area (Å²) in [6, 6.07) is 1.77. The van der Waals surface area contributed by atoms with E-state index in [1.165, 1.54) is 19.3 Å². The Bertz CT molecular complexity index is 501. The first-order valence-corrected chi connectivity index (χ1v) is 8.63. The van der Waals surface area contributed by atoms with Crippen LogP contribution in [0.15, 0.2) is 23.0 Å². The van der Waals surface area contributed by atoms with Gasteiger partial charge in [-0.3, -0.25) is 4.79 Å². The number of aliphatic hydroxyl groups excluding tert-OH is 1. The second-order valence-corrected chi connectivity index (χ2v) is 7.81. The lowest BCUT2D eigenvalue weighted by molar-refractivity contribution is -0.146. The van der Waals surface area contributed by atoms with Crippen molar-refractivity contribution < 1.29 is 14.3 Å². The van der Waals surface area contributed by atoms with Gasteiger partial charge >= 0.3 is 0 Å². The summed E-state index contributed by atoms with van der Waals surface area (Å²) >= 11 is 0. The van der Waals surface area contributed by atoms with Crippen LogP contribution in [0.5, 0.6) is 0 Å². The van der Waals surface area contributed by atoms with Crippen LogP contribution < -0.4 is 5.32 Å². The SMILES string of the molecule is O=C(NCC[C@H](O)c1ccoc1)C12CC3CC(CC(C3)C1)C2. The van der Waals surface area contributed by atoms with Crippen molar-refractivity contribution in [3.63, 3.8) is 0 Å². The van der Waals surface area contributed by atoms with Gasteiger partial charge in [0.2, 0.25) is 5.91 Å². The number of furan rings is 1. The summed E-state index contributed by atoms with van der Waals surface area (Å²) in [7, 11) is 0. The molecule has 4 bridgehead atoms. The van der Waals surface area contributed by atoms with Crippen molar-refractivity contribution in [1.82, 2.24) is 5.32 Å². The second-order valence-electron chi connectivity index (χ2n) is 7.81. The largest absolute Gasteiger partial charge is 0.472 e. The van der Waals surface area contributed by atoms with E-state index < -0.39 is 6.10 Å². The lowest BCUT2D eigenvalue weighted by Crippen LogP contribution is -2.53. The van der Waals surface area contributed by atoms with E-state index in [0.717, 1.165) is 42.6 Å². The molecule has 4 heteroatoms. The van der Waals surface area contributed by atoms with Crippen LogP contribution in [0.25, 0.3) is 0 Å². The fraction of sp³-hybridized carbons (Fsp3) is 0.722. The van der Waals surface area contributed by atoms with Crippen LogP contribution in [-0.4, -0.2) is 17.6 Å². The molecule has 0 radical (unpaired) electrons. The molecule has 5 rings (SSSR count). The third-order valence-electron chi connectivity index (χ3n) is 6.15. The molecule has 0 aliphatic heterocycles. The first kappa shape index (κ1) is 14.3. The Balaban J connectivity index is 1.33. The molecule has 4 nitrogen and oxygen atoms in total. The first-order chi connectivity index (χ1) is 10.6. The third-order valence-corrected chi connectivity index (χ3v) is 6.15. The van der Waals surface area contributed by atoms with Gasteiger partial charge in [0.15, 0.2) is 0 Å². The quantitative estimate of drug-likeness (QED) is 0.879. The molecule has 2 N–H and O–H groups in total. The molecule has 120 valence electrons. The Morgan fingerprint density at radius 2 is 1.91 bits per heavy atom. The van der Waals surface area contributed by atoms with E-state index in [9.17, 15) is 9.90 Å². The Morgan fingerprint density at radius 3 is 2.45 bits per heavy atom. The monoisotopic (exact) mass is 303 g/mol. The molecule has 4 aliphatic carbocycles. The third kappa shape index (κ3) is 2.47. The van der Waals surface area contributed by atoms with Crippen LogP contribution in [0, 0.1) is 23.2 Å². The van der Waals surface area contributed by atoms with E-state index in [0.29, 0.717) is 13.0 Å². The highest BCUT2D eigenvalue weighted by molar-refractivity contribution is 5.83. The summed E-state index contributed by atoms with van der Waals surface area (Å²) in [5, 5.41) is 13.1. The Labute approximate surface area is 131 Å². The van der Waals surface area contributed by atoms with Gasteiger partial charge in [0.25, 0.3) is 0 Å². The van der Waals surface area contributed by atoms with Crippen molar-refractivity contribution in [2.75, 3.05) is 6.54 Å². The van der Waals surface area contributed by atoms with Gasteiger partial charge in [0.1, 0.15) is 0 Å². The lowest BCUT2D eigenvalue weighted by Gasteiger charge is -2.55. The average Bonchev–Trinajstić information content (AvgIpc) is 2.99. The number of aliphatic hydroxyl groups is 1. The van der Waals surface area contributed by atoms with Crippen LogP contribution in [0.1, 0.15) is 56.6 Å². The Hall–Kier alpha value is -1.29. The molecule has 1 heterocycles. The van der Waals surface area contributed by atoms with Gasteiger partial charge in [0.05, 0.1) is 18.6 Å². The zero-order valence-corrected chi connectivity index (χ0v) is 13.0. The van der Waals surface area contributed by atoms with Crippen molar-refractivity contribution in [2.45, 2.75) is 51.0 Å². The molecule has 1 amide bonds. The van der Waals surface area contributed by atoms with Crippen molar-refractivity contribution in [3.8, 4) is 0 Å². The summed E-state index contributed by atoms with van der Waals surface area (Å²) in [6.07, 6.45) is 10.4. The van der Waals surface area contributed by atoms with Gasteiger partial charge in [-0.25, -0.2) is 0 Å². The maximum atomic E-state index is 12.8. The maximum absolute atomic E-state index is 12.8. The van der Waals surface area contributed by atoms with Gasteiger partial charge in [-0.1, -0.05) is 0 Å². The van der Waals surface area contributed by atoms with E-state index in [1.54, 1.807) is 18.6 Å². The van der Waals surface area contributed by atoms with E-state index >= 15 is 0 Å². The number of hydrogen-bond acceptors (Lipinski definition) is 3. The Kier molecular flexibility index (Phi) is 3.52. The average molecular weight is 303 g/mol. The highest BCUT2D eigenvalue weighted by Crippen LogP contribution is 2.60. The smallest absolute Gasteiger partial charge is 0.226 e. The van der Waals surface area contributed by atoms with Crippen molar-refractivity contribution in [2.24, 2.45) is 23.2 Å². The van der Waals surface area contributed by atoms with E-state index in [1.807, 2.05) is 0 Å². The molecule has 0 unspecified atom stereocenters. The van der Waals surface area contributed by atoms with Gasteiger partial charge in [-0.15, -0.1) is 0 Å². The molecule has 1 aromatic heterocycles. The molecule has 0 aromatic carbocycles. The van der Waals surface area contributed by atoms with Crippen molar-refractivity contribution >= 4 is 5.91 Å². The molecule has 22 heavy (non-hydrogen) atoms. The summed E-state index contributed by atoms with van der Waals surface area (Å²) in [5.74, 6) is 2.60. The van der Waals surface area contributed by atoms with Gasteiger partial charge in [-0.2, -0.15) is 0 Å². The van der Waals surface area contributed by atoms with Crippen LogP contribution in [-0.2, 0) is 4.79 Å². The number of amides is 1. The number of rotatable bonds is 5. The van der Waals surface area contributed by atoms with Gasteiger partial charge in [-0.05, 0) is 68.8 Å². The van der Waals surface area contributed by atoms with Crippen LogP contribution in [0.2, 0.25) is 0 Å². The predicted octanol–water partition coefficient (Wildman–Crippen LogP) is 3.04. The molecule has 4 fully saturated rings. The van der Waals surface area contributed by atoms with Gasteiger partial charge in [0, 0.05) is 17.5 Å². The van der Waals surface area contributed by atoms with Crippen LogP contribution in [0.3, 0.4) is 0 Å². The lowest BCUT2D eigenvalue weighted by atomic mass is 9.49. The summed E-state index contributed by atoms with van der Waals surface area (Å²) in [4.78, 5) is 12.8. The molecule has 4 saturated carbocycles. The second kappa shape index (κ2) is 5.41. The molecule has 0 saturated heterocycles. The zero-order valence-electron chi connectivity index (χ0n) is 13.0. The highest BCUT2D eigenvalue weighted by Gasteiger charge is 2.54. The normalized spacial score (nSPS) is 37.2. The minimum atomic E-state index is -0.560. The summed E-state index contributed by atoms with van der Waals surface area (Å²) in [6.45, 7) is 0.535. The van der Waals surface area contributed by atoms with Gasteiger partial charge < -0.3 is 14.8 Å². The highest BCUT2D eigenvalue weighted by atomic mass is 16.3. The number of carbonyl (C=O) groups excluding carboxylic acids is 1. The van der Waals surface area contributed by atoms with E-state index in [2.05, 4.69) is 5.32 Å². The van der Waals surface area contributed by atoms with Crippen LogP contribution >= 0.6 is 0 Å². The van der Waals surface area contributed by atoms with Crippen LogP contribution in [0.4, 0.5) is 0 Å². The summed E-state index contributed by atoms with van der Waals surface area (Å²) in [5.41, 5.74) is 0.694. The Morgan fingerprint density at radius 1 is 1.27 bits per heavy atom. The fourth-order valence-corrected chi connectivity index (χ4v) is 5.53. The van der Waals surface area contributed by atoms with Crippen molar-refractivity contribution in [3.05, 3.63) is 24.2 Å². The fourth-order valence-electron chi connectivity index (χ4n) is 5.53. The molecular weight excluding hydrogens is 278 g/mol. The maximum Gasteiger partial charge on any atom is 0.226 e. The van der Waals surface area contributed by atoms with Crippen molar-refractivity contribution in [1.29, 1.82) is 0 Å². The van der Waals surface area contributed by atoms with E-state index in [-0.39, 0.29) is 11.3 Å². The zero-order chi connectivity index (χ0) is 15.2. The first-order valence-electron chi connectivity index (χ1n) is 8.63. The molecule has 1 aromatic rings. The molecular formula is C18H25NO3. The standard InChI is InChI=1S/C18H25NO3/c20-16(15-2-4-22-11-15)1-3-19-17(21)18-8-12-5-13(9-18)7-14(6-12)10-18/h2,4,11-14,16,20H,1,3,5-10H2,(H,19,21)/t12?,13?,14?,16-,18?/m0/s1. The molecule has 1 atom stereocenters. The van der Waals surface area contributed by atoms with E-state index in [4.69, 9.17) is 4.42 Å². The predicted molar refractivity (Wildman–Crippen MR) is 81.9 cm³/mol. The molecule has 0 spiro atoms. The summed E-state index contributed by atoms with van der Waals surface area (Å²) < 4.78 is 4.98. The minimum absolute atomic E-state index is 0.0880.